The van der Waals surface area contributed by atoms with Crippen LogP contribution in [0.1, 0.15) is 18.9 Å². The Morgan fingerprint density at radius 2 is 1.81 bits per heavy atom. The topological polar surface area (TPSA) is 32.5 Å². The van der Waals surface area contributed by atoms with Crippen molar-refractivity contribution in [2.45, 2.75) is 26.4 Å². The molecule has 0 aliphatic carbocycles. The quantitative estimate of drug-likeness (QED) is 0.473. The molecule has 5 rings (SSSR count). The van der Waals surface area contributed by atoms with E-state index in [2.05, 4.69) is 78.1 Å². The van der Waals surface area contributed by atoms with Crippen molar-refractivity contribution in [1.82, 2.24) is 4.98 Å². The highest BCUT2D eigenvalue weighted by Crippen LogP contribution is 2.48. The number of nitrogens with zero attached hydrogens (tertiary/aromatic N) is 3. The molecule has 0 bridgehead atoms. The fourth-order valence-corrected chi connectivity index (χ4v) is 4.24. The number of hydrogen-bond donors (Lipinski definition) is 0. The van der Waals surface area contributed by atoms with E-state index in [0.717, 1.165) is 28.5 Å². The van der Waals surface area contributed by atoms with Crippen LogP contribution in [0.5, 0.6) is 0 Å². The summed E-state index contributed by atoms with van der Waals surface area (Å²) in [5, 5.41) is 2.19. The van der Waals surface area contributed by atoms with Gasteiger partial charge >= 0.3 is 0 Å². The van der Waals surface area contributed by atoms with Crippen molar-refractivity contribution in [2.75, 3.05) is 16.8 Å². The first-order chi connectivity index (χ1) is 12.7. The molecule has 2 aromatic heterocycles. The molecule has 0 saturated heterocycles. The van der Waals surface area contributed by atoms with Gasteiger partial charge in [0.1, 0.15) is 6.17 Å². The summed E-state index contributed by atoms with van der Waals surface area (Å²) in [4.78, 5) is 9.20. The monoisotopic (exact) mass is 343 g/mol. The summed E-state index contributed by atoms with van der Waals surface area (Å²) < 4.78 is 6.25. The van der Waals surface area contributed by atoms with Crippen LogP contribution in [0.2, 0.25) is 0 Å². The largest absolute Gasteiger partial charge is 0.435 e. The summed E-state index contributed by atoms with van der Waals surface area (Å²) in [5.41, 5.74) is 6.45. The zero-order chi connectivity index (χ0) is 17.8. The zero-order valence-corrected chi connectivity index (χ0v) is 15.2. The number of anilines is 3. The van der Waals surface area contributed by atoms with Crippen LogP contribution < -0.4 is 9.80 Å². The van der Waals surface area contributed by atoms with E-state index in [9.17, 15) is 0 Å². The highest BCUT2D eigenvalue weighted by Gasteiger charge is 2.35. The van der Waals surface area contributed by atoms with Crippen molar-refractivity contribution in [3.8, 4) is 0 Å². The van der Waals surface area contributed by atoms with E-state index >= 15 is 0 Å². The molecule has 0 amide bonds. The number of pyridine rings is 1. The maximum Gasteiger partial charge on any atom is 0.227 e. The summed E-state index contributed by atoms with van der Waals surface area (Å²) in [7, 11) is 2.17. The normalized spacial score (nSPS) is 16.7. The van der Waals surface area contributed by atoms with Gasteiger partial charge in [0.25, 0.3) is 0 Å². The van der Waals surface area contributed by atoms with Crippen LogP contribution in [-0.4, -0.2) is 18.2 Å². The summed E-state index contributed by atoms with van der Waals surface area (Å²) in [6, 6.07) is 17.0. The van der Waals surface area contributed by atoms with Gasteiger partial charge in [-0.05, 0) is 43.2 Å². The predicted octanol–water partition coefficient (Wildman–Crippen LogP) is 5.61. The first-order valence-electron chi connectivity index (χ1n) is 9.08. The average molecular weight is 343 g/mol. The Kier molecular flexibility index (Phi) is 3.23. The van der Waals surface area contributed by atoms with Crippen LogP contribution in [0.25, 0.3) is 22.1 Å². The van der Waals surface area contributed by atoms with Crippen molar-refractivity contribution >= 4 is 39.1 Å². The number of fused-ring (bicyclic) bond motifs is 4. The Morgan fingerprint density at radius 3 is 2.62 bits per heavy atom. The van der Waals surface area contributed by atoms with Crippen molar-refractivity contribution in [2.24, 2.45) is 0 Å². The molecule has 1 atom stereocenters. The molecule has 0 N–H and O–H groups in total. The van der Waals surface area contributed by atoms with E-state index in [1.165, 1.54) is 16.9 Å². The molecule has 1 aliphatic heterocycles. The van der Waals surface area contributed by atoms with Gasteiger partial charge in [-0.2, -0.15) is 0 Å². The van der Waals surface area contributed by atoms with Crippen molar-refractivity contribution in [3.63, 3.8) is 0 Å². The highest BCUT2D eigenvalue weighted by molar-refractivity contribution is 6.09. The van der Waals surface area contributed by atoms with Gasteiger partial charge in [-0.15, -0.1) is 0 Å². The van der Waals surface area contributed by atoms with E-state index in [1.54, 1.807) is 6.20 Å². The second-order valence-corrected chi connectivity index (χ2v) is 6.92. The van der Waals surface area contributed by atoms with Gasteiger partial charge in [0, 0.05) is 24.0 Å². The van der Waals surface area contributed by atoms with Crippen LogP contribution in [-0.2, 0) is 0 Å². The second kappa shape index (κ2) is 5.49. The molecule has 0 radical (unpaired) electrons. The van der Waals surface area contributed by atoms with Gasteiger partial charge in [0.2, 0.25) is 5.71 Å². The fraction of sp³-hybridized carbons (Fsp3) is 0.227. The molecule has 1 unspecified atom stereocenters. The number of rotatable bonds is 2. The first kappa shape index (κ1) is 15.3. The molecule has 0 spiro atoms. The lowest BCUT2D eigenvalue weighted by atomic mass is 10.1. The first-order valence-corrected chi connectivity index (χ1v) is 9.08. The molecule has 0 saturated carbocycles. The predicted molar refractivity (Wildman–Crippen MR) is 107 cm³/mol. The number of aromatic nitrogens is 1. The van der Waals surface area contributed by atoms with Gasteiger partial charge in [-0.1, -0.05) is 31.2 Å². The minimum atomic E-state index is 0.262. The molecule has 4 heteroatoms. The molecule has 26 heavy (non-hydrogen) atoms. The van der Waals surface area contributed by atoms with E-state index in [1.807, 2.05) is 6.07 Å². The van der Waals surface area contributed by atoms with Crippen LogP contribution >= 0.6 is 0 Å². The number of aryl methyl sites for hydroxylation is 1. The van der Waals surface area contributed by atoms with Gasteiger partial charge < -0.3 is 14.2 Å². The summed E-state index contributed by atoms with van der Waals surface area (Å²) in [5.74, 6) is 0. The van der Waals surface area contributed by atoms with Gasteiger partial charge in [-0.3, -0.25) is 0 Å². The number of para-hydroxylation sites is 2. The Hall–Kier alpha value is -3.01. The standard InChI is InChI=1S/C22H21N3O/c1-4-19-24(3)17-9-5-6-10-18(17)25(19)20-14(2)11-12-15-16-8-7-13-23-22(16)26-21(15)20/h5-13,19H,4H2,1-3H3. The van der Waals surface area contributed by atoms with Crippen LogP contribution in [0.4, 0.5) is 17.1 Å². The molecular weight excluding hydrogens is 322 g/mol. The molecule has 4 nitrogen and oxygen atoms in total. The Bertz CT molecular complexity index is 1130. The van der Waals surface area contributed by atoms with Crippen LogP contribution in [0, 0.1) is 6.92 Å². The van der Waals surface area contributed by atoms with Crippen molar-refractivity contribution in [1.29, 1.82) is 0 Å². The van der Waals surface area contributed by atoms with E-state index in [0.29, 0.717) is 5.71 Å². The lowest BCUT2D eigenvalue weighted by Gasteiger charge is -2.31. The SMILES string of the molecule is CCC1N(C)c2ccccc2N1c1c(C)ccc2c1oc1ncccc12. The lowest BCUT2D eigenvalue weighted by Crippen LogP contribution is -2.38. The molecule has 0 fully saturated rings. The Labute approximate surface area is 152 Å². The van der Waals surface area contributed by atoms with E-state index < -0.39 is 0 Å². The number of benzene rings is 2. The van der Waals surface area contributed by atoms with Gasteiger partial charge in [0.05, 0.1) is 17.1 Å². The van der Waals surface area contributed by atoms with Crippen molar-refractivity contribution < 1.29 is 4.42 Å². The van der Waals surface area contributed by atoms with Crippen LogP contribution in [0.15, 0.2) is 59.1 Å². The maximum atomic E-state index is 6.25. The minimum Gasteiger partial charge on any atom is -0.435 e. The molecule has 1 aliphatic rings. The molecule has 4 aromatic rings. The lowest BCUT2D eigenvalue weighted by molar-refractivity contribution is 0.629. The summed E-state index contributed by atoms with van der Waals surface area (Å²) >= 11 is 0. The smallest absolute Gasteiger partial charge is 0.227 e. The highest BCUT2D eigenvalue weighted by atomic mass is 16.3. The summed E-state index contributed by atoms with van der Waals surface area (Å²) in [6.45, 7) is 4.39. The third kappa shape index (κ3) is 1.93. The fourth-order valence-electron chi connectivity index (χ4n) is 4.24. The number of hydrogen-bond acceptors (Lipinski definition) is 4. The minimum absolute atomic E-state index is 0.262. The zero-order valence-electron chi connectivity index (χ0n) is 15.2. The van der Waals surface area contributed by atoms with Gasteiger partial charge in [-0.25, -0.2) is 4.98 Å². The third-order valence-corrected chi connectivity index (χ3v) is 5.47. The third-order valence-electron chi connectivity index (χ3n) is 5.47. The van der Waals surface area contributed by atoms with E-state index in [4.69, 9.17) is 4.42 Å². The molecule has 3 heterocycles. The summed E-state index contributed by atoms with van der Waals surface area (Å²) in [6.07, 6.45) is 3.06. The Morgan fingerprint density at radius 1 is 1.00 bits per heavy atom. The molecule has 130 valence electrons. The second-order valence-electron chi connectivity index (χ2n) is 6.92. The average Bonchev–Trinajstić information content (AvgIpc) is 3.17. The van der Waals surface area contributed by atoms with Gasteiger partial charge in [0.15, 0.2) is 5.58 Å². The Balaban J connectivity index is 1.85. The van der Waals surface area contributed by atoms with Crippen LogP contribution in [0.3, 0.4) is 0 Å². The molecule has 2 aromatic carbocycles. The molecular formula is C22H21N3O. The maximum absolute atomic E-state index is 6.25. The number of furan rings is 1. The van der Waals surface area contributed by atoms with E-state index in [-0.39, 0.29) is 6.17 Å². The van der Waals surface area contributed by atoms with Crippen molar-refractivity contribution in [3.05, 3.63) is 60.3 Å².